The lowest BCUT2D eigenvalue weighted by atomic mass is 10.2. The second-order valence-electron chi connectivity index (χ2n) is 4.48. The molecule has 0 unspecified atom stereocenters. The van der Waals surface area contributed by atoms with Gasteiger partial charge in [-0.3, -0.25) is 0 Å². The predicted molar refractivity (Wildman–Crippen MR) is 80.9 cm³/mol. The van der Waals surface area contributed by atoms with Gasteiger partial charge in [-0.1, -0.05) is 24.3 Å². The summed E-state index contributed by atoms with van der Waals surface area (Å²) in [5.41, 5.74) is 1.04. The molecule has 0 saturated heterocycles. The third-order valence-corrected chi connectivity index (χ3v) is 2.86. The van der Waals surface area contributed by atoms with Crippen molar-refractivity contribution in [2.24, 2.45) is 0 Å². The number of rotatable bonds is 7. The van der Waals surface area contributed by atoms with E-state index >= 15 is 0 Å². The zero-order chi connectivity index (χ0) is 14.0. The summed E-state index contributed by atoms with van der Waals surface area (Å²) >= 11 is 0. The van der Waals surface area contributed by atoms with Gasteiger partial charge in [0.15, 0.2) is 0 Å². The normalized spacial score (nSPS) is 9.75. The summed E-state index contributed by atoms with van der Waals surface area (Å²) in [5.74, 6) is 1.65. The fourth-order valence-electron chi connectivity index (χ4n) is 1.86. The molecule has 0 heterocycles. The maximum absolute atomic E-state index is 8.47. The number of para-hydroxylation sites is 1. The molecule has 2 aromatic carbocycles. The monoisotopic (exact) mass is 266 g/mol. The Balaban J connectivity index is 1.86. The second-order valence-corrected chi connectivity index (χ2v) is 4.48. The number of ether oxygens (including phenoxy) is 1. The molecule has 0 fully saturated rings. The SMILES string of the molecule is N#CCCCCNc1cccc(Oc2ccccc2)c1. The topological polar surface area (TPSA) is 45.0 Å². The summed E-state index contributed by atoms with van der Waals surface area (Å²) in [6.45, 7) is 0.871. The molecular weight excluding hydrogens is 248 g/mol. The van der Waals surface area contributed by atoms with E-state index in [0.29, 0.717) is 6.42 Å². The third kappa shape index (κ3) is 4.66. The van der Waals surface area contributed by atoms with E-state index in [1.54, 1.807) is 0 Å². The molecule has 0 aliphatic rings. The van der Waals surface area contributed by atoms with Crippen molar-refractivity contribution < 1.29 is 4.74 Å². The van der Waals surface area contributed by atoms with Crippen LogP contribution in [0.25, 0.3) is 0 Å². The Morgan fingerprint density at radius 2 is 1.75 bits per heavy atom. The quantitative estimate of drug-likeness (QED) is 0.746. The van der Waals surface area contributed by atoms with E-state index in [-0.39, 0.29) is 0 Å². The van der Waals surface area contributed by atoms with Gasteiger partial charge in [0.1, 0.15) is 11.5 Å². The van der Waals surface area contributed by atoms with Crippen LogP contribution in [0.3, 0.4) is 0 Å². The maximum atomic E-state index is 8.47. The molecule has 2 aromatic rings. The van der Waals surface area contributed by atoms with Crippen LogP contribution < -0.4 is 10.1 Å². The average Bonchev–Trinajstić information content (AvgIpc) is 2.48. The maximum Gasteiger partial charge on any atom is 0.129 e. The first-order valence-electron chi connectivity index (χ1n) is 6.82. The molecule has 3 nitrogen and oxygen atoms in total. The first kappa shape index (κ1) is 14.0. The van der Waals surface area contributed by atoms with Gasteiger partial charge in [-0.25, -0.2) is 0 Å². The number of anilines is 1. The van der Waals surface area contributed by atoms with Crippen molar-refractivity contribution in [3.8, 4) is 17.6 Å². The Bertz CT molecular complexity index is 561. The molecule has 0 aliphatic heterocycles. The van der Waals surface area contributed by atoms with Crippen molar-refractivity contribution >= 4 is 5.69 Å². The van der Waals surface area contributed by atoms with E-state index in [1.807, 2.05) is 54.6 Å². The number of unbranched alkanes of at least 4 members (excludes halogenated alkanes) is 2. The Hall–Kier alpha value is -2.47. The van der Waals surface area contributed by atoms with E-state index in [1.165, 1.54) is 0 Å². The van der Waals surface area contributed by atoms with E-state index < -0.39 is 0 Å². The van der Waals surface area contributed by atoms with Crippen LogP contribution in [-0.4, -0.2) is 6.54 Å². The second kappa shape index (κ2) is 7.85. The minimum Gasteiger partial charge on any atom is -0.457 e. The van der Waals surface area contributed by atoms with E-state index in [0.717, 1.165) is 36.6 Å². The molecule has 3 heteroatoms. The van der Waals surface area contributed by atoms with E-state index in [9.17, 15) is 0 Å². The number of nitrogens with zero attached hydrogens (tertiary/aromatic N) is 1. The Kier molecular flexibility index (Phi) is 5.48. The molecule has 1 N–H and O–H groups in total. The van der Waals surface area contributed by atoms with Crippen LogP contribution in [-0.2, 0) is 0 Å². The third-order valence-electron chi connectivity index (χ3n) is 2.86. The van der Waals surface area contributed by atoms with Crippen LogP contribution in [0.1, 0.15) is 19.3 Å². The molecule has 0 spiro atoms. The van der Waals surface area contributed by atoms with E-state index in [2.05, 4.69) is 11.4 Å². The van der Waals surface area contributed by atoms with Crippen molar-refractivity contribution in [3.63, 3.8) is 0 Å². The fraction of sp³-hybridized carbons (Fsp3) is 0.235. The lowest BCUT2D eigenvalue weighted by Gasteiger charge is -2.09. The van der Waals surface area contributed by atoms with Crippen molar-refractivity contribution in [1.82, 2.24) is 0 Å². The standard InChI is InChI=1S/C17H18N2O/c18-12-5-2-6-13-19-15-8-7-11-17(14-15)20-16-9-3-1-4-10-16/h1,3-4,7-11,14,19H,2,5-6,13H2. The highest BCUT2D eigenvalue weighted by atomic mass is 16.5. The lowest BCUT2D eigenvalue weighted by Crippen LogP contribution is -2.01. The average molecular weight is 266 g/mol. The zero-order valence-corrected chi connectivity index (χ0v) is 11.4. The molecule has 0 bridgehead atoms. The van der Waals surface area contributed by atoms with Gasteiger partial charge in [0.25, 0.3) is 0 Å². The molecular formula is C17H18N2O. The molecule has 20 heavy (non-hydrogen) atoms. The van der Waals surface area contributed by atoms with Gasteiger partial charge in [-0.15, -0.1) is 0 Å². The summed E-state index contributed by atoms with van der Waals surface area (Å²) in [4.78, 5) is 0. The molecule has 2 rings (SSSR count). The zero-order valence-electron chi connectivity index (χ0n) is 11.4. The van der Waals surface area contributed by atoms with Crippen molar-refractivity contribution in [1.29, 1.82) is 5.26 Å². The van der Waals surface area contributed by atoms with Crippen molar-refractivity contribution in [2.75, 3.05) is 11.9 Å². The summed E-state index contributed by atoms with van der Waals surface area (Å²) in [6.07, 6.45) is 2.56. The Labute approximate surface area is 119 Å². The predicted octanol–water partition coefficient (Wildman–Crippen LogP) is 4.58. The summed E-state index contributed by atoms with van der Waals surface area (Å²) in [5, 5.41) is 11.8. The van der Waals surface area contributed by atoms with Gasteiger partial charge in [-0.05, 0) is 37.1 Å². The van der Waals surface area contributed by atoms with Crippen molar-refractivity contribution in [2.45, 2.75) is 19.3 Å². The van der Waals surface area contributed by atoms with Gasteiger partial charge >= 0.3 is 0 Å². The van der Waals surface area contributed by atoms with Crippen LogP contribution in [0.2, 0.25) is 0 Å². The summed E-state index contributed by atoms with van der Waals surface area (Å²) in [6, 6.07) is 19.8. The molecule has 0 atom stereocenters. The number of hydrogen-bond acceptors (Lipinski definition) is 3. The first-order valence-corrected chi connectivity index (χ1v) is 6.82. The minimum absolute atomic E-state index is 0.624. The van der Waals surface area contributed by atoms with Crippen LogP contribution in [0.5, 0.6) is 11.5 Å². The van der Waals surface area contributed by atoms with Gasteiger partial charge in [0.2, 0.25) is 0 Å². The smallest absolute Gasteiger partial charge is 0.129 e. The van der Waals surface area contributed by atoms with E-state index in [4.69, 9.17) is 10.00 Å². The molecule has 0 saturated carbocycles. The van der Waals surface area contributed by atoms with Gasteiger partial charge < -0.3 is 10.1 Å². The first-order chi connectivity index (χ1) is 9.88. The van der Waals surface area contributed by atoms with Gasteiger partial charge in [0, 0.05) is 24.7 Å². The fourth-order valence-corrected chi connectivity index (χ4v) is 1.86. The number of nitriles is 1. The van der Waals surface area contributed by atoms with Crippen LogP contribution >= 0.6 is 0 Å². The van der Waals surface area contributed by atoms with Gasteiger partial charge in [0.05, 0.1) is 6.07 Å². The summed E-state index contributed by atoms with van der Waals surface area (Å²) < 4.78 is 5.78. The minimum atomic E-state index is 0.624. The molecule has 0 amide bonds. The largest absolute Gasteiger partial charge is 0.457 e. The van der Waals surface area contributed by atoms with Crippen molar-refractivity contribution in [3.05, 3.63) is 54.6 Å². The highest BCUT2D eigenvalue weighted by Crippen LogP contribution is 2.23. The Morgan fingerprint density at radius 1 is 0.950 bits per heavy atom. The van der Waals surface area contributed by atoms with Crippen LogP contribution in [0.4, 0.5) is 5.69 Å². The molecule has 0 aromatic heterocycles. The van der Waals surface area contributed by atoms with Gasteiger partial charge in [-0.2, -0.15) is 5.26 Å². The van der Waals surface area contributed by atoms with Crippen LogP contribution in [0.15, 0.2) is 54.6 Å². The van der Waals surface area contributed by atoms with Crippen LogP contribution in [0, 0.1) is 11.3 Å². The Morgan fingerprint density at radius 3 is 2.55 bits per heavy atom. The molecule has 102 valence electrons. The summed E-state index contributed by atoms with van der Waals surface area (Å²) in [7, 11) is 0. The molecule has 0 aliphatic carbocycles. The highest BCUT2D eigenvalue weighted by molar-refractivity contribution is 5.49. The number of benzene rings is 2. The highest BCUT2D eigenvalue weighted by Gasteiger charge is 1.98. The number of nitrogens with one attached hydrogen (secondary N) is 1. The molecule has 0 radical (unpaired) electrons. The lowest BCUT2D eigenvalue weighted by molar-refractivity contribution is 0.483. The number of hydrogen-bond donors (Lipinski definition) is 1.